The van der Waals surface area contributed by atoms with E-state index in [4.69, 9.17) is 19.3 Å². The molecule has 2 heterocycles. The van der Waals surface area contributed by atoms with Crippen LogP contribution in [-0.2, 0) is 6.42 Å². The molecule has 0 spiro atoms. The Balaban J connectivity index is 2.10. The smallest absolute Gasteiger partial charge is 0.231 e. The van der Waals surface area contributed by atoms with Gasteiger partial charge in [0.2, 0.25) is 12.5 Å². The molecule has 112 valence electrons. The quantitative estimate of drug-likeness (QED) is 0.748. The summed E-state index contributed by atoms with van der Waals surface area (Å²) in [5.41, 5.74) is 2.31. The highest BCUT2D eigenvalue weighted by Gasteiger charge is 2.35. The number of likely N-dealkylation sites (N-methyl/N-ethyl adjacent to an activating group) is 1. The van der Waals surface area contributed by atoms with Gasteiger partial charge < -0.3 is 24.2 Å². The third-order valence-corrected chi connectivity index (χ3v) is 4.00. The van der Waals surface area contributed by atoms with Gasteiger partial charge in [-0.2, -0.15) is 0 Å². The number of aliphatic hydroxyl groups is 1. The molecule has 0 fully saturated rings. The van der Waals surface area contributed by atoms with E-state index in [1.807, 2.05) is 6.07 Å². The van der Waals surface area contributed by atoms with Crippen molar-refractivity contribution in [1.29, 1.82) is 0 Å². The number of hydrogen-bond acceptors (Lipinski definition) is 4. The maximum absolute atomic E-state index is 8.91. The lowest BCUT2D eigenvalue weighted by atomic mass is 9.91. The van der Waals surface area contributed by atoms with E-state index >= 15 is 0 Å². The van der Waals surface area contributed by atoms with Crippen molar-refractivity contribution in [2.75, 3.05) is 34.1 Å². The summed E-state index contributed by atoms with van der Waals surface area (Å²) in [5.74, 6) is 8.49. The minimum absolute atomic E-state index is 0.0322. The zero-order valence-corrected chi connectivity index (χ0v) is 12.4. The number of fused-ring (bicyclic) bond motifs is 2. The van der Waals surface area contributed by atoms with Crippen LogP contribution < -0.4 is 19.1 Å². The number of methoxy groups -OCH3 is 1. The van der Waals surface area contributed by atoms with Crippen molar-refractivity contribution in [1.82, 2.24) is 0 Å². The molecule has 2 aliphatic rings. The molecule has 0 radical (unpaired) electrons. The number of nitrogens with one attached hydrogen (secondary N) is 1. The Morgan fingerprint density at radius 2 is 2.33 bits per heavy atom. The summed E-state index contributed by atoms with van der Waals surface area (Å²) < 4.78 is 16.6. The van der Waals surface area contributed by atoms with Gasteiger partial charge in [0, 0.05) is 12.8 Å². The molecular weight excluding hydrogens is 270 g/mol. The average Bonchev–Trinajstić information content (AvgIpc) is 2.95. The molecule has 21 heavy (non-hydrogen) atoms. The molecule has 2 N–H and O–H groups in total. The summed E-state index contributed by atoms with van der Waals surface area (Å²) in [6.07, 6.45) is 1.46. The molecule has 0 bridgehead atoms. The van der Waals surface area contributed by atoms with Gasteiger partial charge in [0.05, 0.1) is 32.9 Å². The third-order valence-electron chi connectivity index (χ3n) is 4.00. The van der Waals surface area contributed by atoms with E-state index in [0.717, 1.165) is 30.0 Å². The van der Waals surface area contributed by atoms with E-state index in [0.29, 0.717) is 12.2 Å². The lowest BCUT2D eigenvalue weighted by Crippen LogP contribution is -3.10. The number of rotatable bonds is 2. The highest BCUT2D eigenvalue weighted by molar-refractivity contribution is 5.62. The molecule has 2 atom stereocenters. The Kier molecular flexibility index (Phi) is 3.91. The van der Waals surface area contributed by atoms with Crippen LogP contribution in [0.5, 0.6) is 17.2 Å². The number of quaternary nitrogens is 1. The van der Waals surface area contributed by atoms with Crippen molar-refractivity contribution in [3.05, 3.63) is 17.2 Å². The maximum Gasteiger partial charge on any atom is 0.231 e. The van der Waals surface area contributed by atoms with Gasteiger partial charge in [-0.1, -0.05) is 5.92 Å². The Morgan fingerprint density at radius 1 is 1.48 bits per heavy atom. The second-order valence-electron chi connectivity index (χ2n) is 5.29. The van der Waals surface area contributed by atoms with E-state index in [-0.39, 0.29) is 19.4 Å². The van der Waals surface area contributed by atoms with Crippen LogP contribution in [0.2, 0.25) is 0 Å². The van der Waals surface area contributed by atoms with Gasteiger partial charge in [0.25, 0.3) is 0 Å². The van der Waals surface area contributed by atoms with Crippen molar-refractivity contribution >= 4 is 0 Å². The topological polar surface area (TPSA) is 52.4 Å². The fraction of sp³-hybridized carbons (Fsp3) is 0.500. The van der Waals surface area contributed by atoms with Crippen LogP contribution in [-0.4, -0.2) is 39.2 Å². The zero-order valence-electron chi connectivity index (χ0n) is 12.4. The first-order valence-electron chi connectivity index (χ1n) is 7.17. The van der Waals surface area contributed by atoms with Crippen molar-refractivity contribution in [3.63, 3.8) is 0 Å². The summed E-state index contributed by atoms with van der Waals surface area (Å²) in [6.45, 7) is 1.33. The minimum atomic E-state index is 0.0322. The molecule has 0 amide bonds. The molecule has 0 saturated carbocycles. The number of benzene rings is 1. The highest BCUT2D eigenvalue weighted by atomic mass is 16.7. The summed E-state index contributed by atoms with van der Waals surface area (Å²) >= 11 is 0. The van der Waals surface area contributed by atoms with Gasteiger partial charge in [0.1, 0.15) is 0 Å². The van der Waals surface area contributed by atoms with Crippen LogP contribution in [0.25, 0.3) is 0 Å². The van der Waals surface area contributed by atoms with Gasteiger partial charge in [-0.05, 0) is 17.6 Å². The number of ether oxygens (including phenoxy) is 3. The first-order chi connectivity index (χ1) is 10.3. The molecule has 1 aromatic carbocycles. The van der Waals surface area contributed by atoms with E-state index < -0.39 is 0 Å². The van der Waals surface area contributed by atoms with E-state index in [2.05, 4.69) is 18.9 Å². The SMILES string of the molecule is COc1c2c(cc3c1[C@@H](C#CCCO)[NH+](C)CC3)OCO2. The number of aliphatic hydroxyl groups excluding tert-OH is 1. The molecule has 2 aliphatic heterocycles. The summed E-state index contributed by atoms with van der Waals surface area (Å²) in [5, 5.41) is 8.91. The monoisotopic (exact) mass is 290 g/mol. The molecule has 3 rings (SSSR count). The third kappa shape index (κ3) is 2.41. The normalized spacial score (nSPS) is 22.2. The molecule has 1 aromatic rings. The van der Waals surface area contributed by atoms with E-state index in [1.54, 1.807) is 7.11 Å². The summed E-state index contributed by atoms with van der Waals surface area (Å²) in [6, 6.07) is 2.08. The van der Waals surface area contributed by atoms with Crippen LogP contribution >= 0.6 is 0 Å². The molecule has 0 aromatic heterocycles. The highest BCUT2D eigenvalue weighted by Crippen LogP contribution is 2.47. The van der Waals surface area contributed by atoms with Crippen molar-refractivity contribution in [2.24, 2.45) is 0 Å². The second-order valence-corrected chi connectivity index (χ2v) is 5.29. The van der Waals surface area contributed by atoms with Gasteiger partial charge in [-0.3, -0.25) is 0 Å². The Morgan fingerprint density at radius 3 is 3.10 bits per heavy atom. The van der Waals surface area contributed by atoms with Crippen molar-refractivity contribution in [3.8, 4) is 29.1 Å². The molecule has 5 heteroatoms. The van der Waals surface area contributed by atoms with Crippen LogP contribution in [0.1, 0.15) is 23.6 Å². The fourth-order valence-electron chi connectivity index (χ4n) is 2.95. The van der Waals surface area contributed by atoms with E-state index in [1.165, 1.54) is 10.5 Å². The van der Waals surface area contributed by atoms with Gasteiger partial charge >= 0.3 is 0 Å². The van der Waals surface area contributed by atoms with Crippen LogP contribution in [0, 0.1) is 11.8 Å². The van der Waals surface area contributed by atoms with Crippen molar-refractivity contribution in [2.45, 2.75) is 18.9 Å². The van der Waals surface area contributed by atoms with Crippen LogP contribution in [0.15, 0.2) is 6.07 Å². The Labute approximate surface area is 124 Å². The number of hydrogen-bond donors (Lipinski definition) is 2. The van der Waals surface area contributed by atoms with Crippen LogP contribution in [0.4, 0.5) is 0 Å². The molecular formula is C16H20NO4+. The average molecular weight is 290 g/mol. The molecule has 0 saturated heterocycles. The van der Waals surface area contributed by atoms with Gasteiger partial charge in [0.15, 0.2) is 17.5 Å². The van der Waals surface area contributed by atoms with Crippen molar-refractivity contribution < 1.29 is 24.2 Å². The molecule has 5 nitrogen and oxygen atoms in total. The first-order valence-corrected chi connectivity index (χ1v) is 7.17. The minimum Gasteiger partial charge on any atom is -0.492 e. The first kappa shape index (κ1) is 14.1. The standard InChI is InChI=1S/C16H19NO4/c1-17-7-6-11-9-13-15(21-10-20-13)16(19-2)14(11)12(17)5-3-4-8-18/h9,12,18H,4,6-8,10H2,1-2H3/p+1/t12-/m1/s1. The van der Waals surface area contributed by atoms with Gasteiger partial charge in [-0.15, -0.1) is 0 Å². The second kappa shape index (κ2) is 5.84. The Hall–Kier alpha value is -1.90. The Bertz CT molecular complexity index is 603. The van der Waals surface area contributed by atoms with Crippen LogP contribution in [0.3, 0.4) is 0 Å². The molecule has 0 aliphatic carbocycles. The summed E-state index contributed by atoms with van der Waals surface area (Å²) in [4.78, 5) is 1.32. The summed E-state index contributed by atoms with van der Waals surface area (Å²) in [7, 11) is 3.78. The predicted molar refractivity (Wildman–Crippen MR) is 76.8 cm³/mol. The largest absolute Gasteiger partial charge is 0.492 e. The molecule has 1 unspecified atom stereocenters. The van der Waals surface area contributed by atoms with Gasteiger partial charge in [-0.25, -0.2) is 0 Å². The lowest BCUT2D eigenvalue weighted by molar-refractivity contribution is -0.905. The predicted octanol–water partition coefficient (Wildman–Crippen LogP) is -0.0784. The lowest BCUT2D eigenvalue weighted by Gasteiger charge is -2.30. The van der Waals surface area contributed by atoms with E-state index in [9.17, 15) is 0 Å². The maximum atomic E-state index is 8.91. The zero-order chi connectivity index (χ0) is 14.8. The fourth-order valence-corrected chi connectivity index (χ4v) is 2.95.